The van der Waals surface area contributed by atoms with Crippen molar-refractivity contribution in [3.8, 4) is 0 Å². The van der Waals surface area contributed by atoms with Crippen LogP contribution in [0.2, 0.25) is 0 Å². The van der Waals surface area contributed by atoms with E-state index in [9.17, 15) is 18.0 Å². The van der Waals surface area contributed by atoms with Crippen LogP contribution in [0.1, 0.15) is 28.0 Å². The highest BCUT2D eigenvalue weighted by atomic mass is 19.3. The van der Waals surface area contributed by atoms with Crippen LogP contribution in [0, 0.1) is 12.7 Å². The first-order valence-corrected chi connectivity index (χ1v) is 3.61. The minimum Gasteiger partial charge on any atom is -0.478 e. The summed E-state index contributed by atoms with van der Waals surface area (Å²) in [5.74, 6) is -2.52. The van der Waals surface area contributed by atoms with E-state index in [0.29, 0.717) is 6.20 Å². The van der Waals surface area contributed by atoms with Crippen LogP contribution in [0.3, 0.4) is 0 Å². The van der Waals surface area contributed by atoms with Crippen molar-refractivity contribution in [2.45, 2.75) is 13.3 Å². The molecule has 1 N–H and O–H groups in total. The van der Waals surface area contributed by atoms with Gasteiger partial charge in [-0.25, -0.2) is 18.0 Å². The quantitative estimate of drug-likeness (QED) is 0.804. The van der Waals surface area contributed by atoms with E-state index in [1.54, 1.807) is 0 Å². The molecule has 1 aromatic rings. The van der Waals surface area contributed by atoms with Gasteiger partial charge in [0.2, 0.25) is 0 Å². The summed E-state index contributed by atoms with van der Waals surface area (Å²) in [6.45, 7) is 1.12. The molecule has 0 saturated heterocycles. The molecule has 1 aromatic heterocycles. The van der Waals surface area contributed by atoms with E-state index in [1.807, 2.05) is 0 Å². The van der Waals surface area contributed by atoms with Gasteiger partial charge in [-0.05, 0) is 6.92 Å². The van der Waals surface area contributed by atoms with Gasteiger partial charge in [0.25, 0.3) is 6.43 Å². The van der Waals surface area contributed by atoms with Gasteiger partial charge in [-0.15, -0.1) is 0 Å². The predicted molar refractivity (Wildman–Crippen MR) is 40.8 cm³/mol. The van der Waals surface area contributed by atoms with E-state index in [-0.39, 0.29) is 5.56 Å². The Hall–Kier alpha value is -1.59. The SMILES string of the molecule is Cc1c(F)cnc(C(F)F)c1C(=O)O. The number of aromatic carboxylic acids is 1. The molecule has 0 amide bonds. The lowest BCUT2D eigenvalue weighted by atomic mass is 10.1. The molecule has 76 valence electrons. The van der Waals surface area contributed by atoms with Gasteiger partial charge >= 0.3 is 5.97 Å². The lowest BCUT2D eigenvalue weighted by molar-refractivity contribution is 0.0680. The first-order chi connectivity index (χ1) is 6.45. The highest BCUT2D eigenvalue weighted by Gasteiger charge is 2.23. The molecule has 0 unspecified atom stereocenters. The number of aromatic nitrogens is 1. The van der Waals surface area contributed by atoms with Gasteiger partial charge < -0.3 is 5.11 Å². The molecule has 0 fully saturated rings. The Labute approximate surface area is 77.2 Å². The van der Waals surface area contributed by atoms with Crippen molar-refractivity contribution in [2.75, 3.05) is 0 Å². The smallest absolute Gasteiger partial charge is 0.338 e. The first-order valence-electron chi connectivity index (χ1n) is 3.61. The molecule has 0 bridgehead atoms. The Morgan fingerprint density at radius 1 is 1.57 bits per heavy atom. The van der Waals surface area contributed by atoms with E-state index < -0.39 is 29.5 Å². The van der Waals surface area contributed by atoms with Gasteiger partial charge in [-0.1, -0.05) is 0 Å². The zero-order valence-corrected chi connectivity index (χ0v) is 7.09. The molecule has 0 saturated carbocycles. The Bertz CT molecular complexity index is 379. The molecule has 0 aliphatic heterocycles. The number of carbonyl (C=O) groups is 1. The maximum atomic E-state index is 12.8. The van der Waals surface area contributed by atoms with Crippen LogP contribution in [-0.2, 0) is 0 Å². The first kappa shape index (κ1) is 10.5. The van der Waals surface area contributed by atoms with E-state index in [4.69, 9.17) is 5.11 Å². The molecule has 1 heterocycles. The zero-order valence-electron chi connectivity index (χ0n) is 7.09. The fourth-order valence-electron chi connectivity index (χ4n) is 1.03. The fraction of sp³-hybridized carbons (Fsp3) is 0.250. The molecule has 0 aliphatic rings. The Kier molecular flexibility index (Phi) is 2.73. The van der Waals surface area contributed by atoms with E-state index in [2.05, 4.69) is 4.98 Å². The van der Waals surface area contributed by atoms with Crippen LogP contribution < -0.4 is 0 Å². The van der Waals surface area contributed by atoms with E-state index in [1.165, 1.54) is 0 Å². The van der Waals surface area contributed by atoms with Crippen molar-refractivity contribution in [3.05, 3.63) is 28.8 Å². The van der Waals surface area contributed by atoms with Gasteiger partial charge in [0.1, 0.15) is 11.5 Å². The monoisotopic (exact) mass is 205 g/mol. The number of nitrogens with zero attached hydrogens (tertiary/aromatic N) is 1. The van der Waals surface area contributed by atoms with Gasteiger partial charge in [0.05, 0.1) is 11.8 Å². The van der Waals surface area contributed by atoms with Crippen LogP contribution in [-0.4, -0.2) is 16.1 Å². The molecule has 0 aliphatic carbocycles. The van der Waals surface area contributed by atoms with Crippen LogP contribution in [0.4, 0.5) is 13.2 Å². The molecule has 3 nitrogen and oxygen atoms in total. The zero-order chi connectivity index (χ0) is 10.9. The lowest BCUT2D eigenvalue weighted by Gasteiger charge is -2.07. The number of rotatable bonds is 2. The number of alkyl halides is 2. The van der Waals surface area contributed by atoms with Crippen LogP contribution in [0.5, 0.6) is 0 Å². The molecule has 14 heavy (non-hydrogen) atoms. The standard InChI is InChI=1S/C8H6F3NO2/c1-3-4(9)2-12-6(7(10)11)5(3)8(13)14/h2,7H,1H3,(H,13,14). The Morgan fingerprint density at radius 2 is 2.14 bits per heavy atom. The summed E-state index contributed by atoms with van der Waals surface area (Å²) in [4.78, 5) is 13.6. The third-order valence-corrected chi connectivity index (χ3v) is 1.73. The second kappa shape index (κ2) is 3.65. The largest absolute Gasteiger partial charge is 0.478 e. The summed E-state index contributed by atoms with van der Waals surface area (Å²) in [7, 11) is 0. The van der Waals surface area contributed by atoms with Gasteiger partial charge in [0.15, 0.2) is 0 Å². The van der Waals surface area contributed by atoms with Gasteiger partial charge in [-0.3, -0.25) is 4.98 Å². The summed E-state index contributed by atoms with van der Waals surface area (Å²) in [6, 6.07) is 0. The minimum atomic E-state index is -3.03. The number of pyridine rings is 1. The summed E-state index contributed by atoms with van der Waals surface area (Å²) in [5.41, 5.74) is -2.00. The van der Waals surface area contributed by atoms with E-state index in [0.717, 1.165) is 6.92 Å². The summed E-state index contributed by atoms with van der Waals surface area (Å²) in [5, 5.41) is 8.58. The van der Waals surface area contributed by atoms with Crippen molar-refractivity contribution >= 4 is 5.97 Å². The number of carboxylic acid groups (broad SMARTS) is 1. The van der Waals surface area contributed by atoms with Crippen molar-refractivity contribution < 1.29 is 23.1 Å². The fourth-order valence-corrected chi connectivity index (χ4v) is 1.03. The molecule has 0 aromatic carbocycles. The Morgan fingerprint density at radius 3 is 2.57 bits per heavy atom. The second-order valence-corrected chi connectivity index (χ2v) is 2.60. The maximum absolute atomic E-state index is 12.8. The van der Waals surface area contributed by atoms with Crippen molar-refractivity contribution in [1.29, 1.82) is 0 Å². The normalized spacial score (nSPS) is 10.6. The average molecular weight is 205 g/mol. The molecule has 6 heteroatoms. The second-order valence-electron chi connectivity index (χ2n) is 2.60. The summed E-state index contributed by atoms with van der Waals surface area (Å²) in [6.07, 6.45) is -2.44. The molecule has 0 radical (unpaired) electrons. The van der Waals surface area contributed by atoms with Crippen molar-refractivity contribution in [1.82, 2.24) is 4.98 Å². The lowest BCUT2D eigenvalue weighted by Crippen LogP contribution is -2.09. The van der Waals surface area contributed by atoms with Crippen LogP contribution in [0.25, 0.3) is 0 Å². The molecule has 0 atom stereocenters. The Balaban J connectivity index is 3.45. The summed E-state index contributed by atoms with van der Waals surface area (Å²) >= 11 is 0. The van der Waals surface area contributed by atoms with Gasteiger partial charge in [0, 0.05) is 5.56 Å². The van der Waals surface area contributed by atoms with Crippen LogP contribution in [0.15, 0.2) is 6.20 Å². The number of hydrogen-bond donors (Lipinski definition) is 1. The topological polar surface area (TPSA) is 50.2 Å². The predicted octanol–water partition coefficient (Wildman–Crippen LogP) is 2.16. The highest BCUT2D eigenvalue weighted by Crippen LogP contribution is 2.24. The molecule has 1 rings (SSSR count). The number of hydrogen-bond acceptors (Lipinski definition) is 2. The van der Waals surface area contributed by atoms with E-state index >= 15 is 0 Å². The molecular formula is C8H6F3NO2. The number of halogens is 3. The minimum absolute atomic E-state index is 0.331. The maximum Gasteiger partial charge on any atom is 0.338 e. The molecular weight excluding hydrogens is 199 g/mol. The summed E-state index contributed by atoms with van der Waals surface area (Å²) < 4.78 is 37.3. The third-order valence-electron chi connectivity index (χ3n) is 1.73. The highest BCUT2D eigenvalue weighted by molar-refractivity contribution is 5.90. The molecule has 0 spiro atoms. The number of carboxylic acids is 1. The van der Waals surface area contributed by atoms with Crippen molar-refractivity contribution in [3.63, 3.8) is 0 Å². The van der Waals surface area contributed by atoms with Gasteiger partial charge in [-0.2, -0.15) is 0 Å². The third kappa shape index (κ3) is 1.68. The van der Waals surface area contributed by atoms with Crippen molar-refractivity contribution in [2.24, 2.45) is 0 Å². The average Bonchev–Trinajstić information content (AvgIpc) is 2.08. The van der Waals surface area contributed by atoms with Crippen LogP contribution >= 0.6 is 0 Å².